The SMILES string of the molecule is CCOc1ccc2c(n1)CCN(C(=O)OC(C)(C)C)C2C(=O)Nc1cc(F)c([Si](C)(C)C)c(F)c1. The van der Waals surface area contributed by atoms with Crippen molar-refractivity contribution in [1.82, 2.24) is 9.88 Å². The van der Waals surface area contributed by atoms with Gasteiger partial charge in [-0.25, -0.2) is 18.6 Å². The van der Waals surface area contributed by atoms with Crippen LogP contribution in [0.5, 0.6) is 5.88 Å². The monoisotopic (exact) mass is 505 g/mol. The molecule has 2 aromatic rings. The van der Waals surface area contributed by atoms with E-state index in [1.54, 1.807) is 32.9 Å². The molecule has 2 amide bonds. The number of amides is 2. The topological polar surface area (TPSA) is 80.8 Å². The zero-order chi connectivity index (χ0) is 26.1. The molecule has 0 radical (unpaired) electrons. The van der Waals surface area contributed by atoms with Crippen molar-refractivity contribution in [3.8, 4) is 5.88 Å². The van der Waals surface area contributed by atoms with Gasteiger partial charge in [-0.2, -0.15) is 0 Å². The Hall–Kier alpha value is -3.01. The Morgan fingerprint density at radius 1 is 1.17 bits per heavy atom. The first-order valence-corrected chi connectivity index (χ1v) is 15.1. The number of anilines is 1. The predicted molar refractivity (Wildman–Crippen MR) is 133 cm³/mol. The van der Waals surface area contributed by atoms with Crippen LogP contribution in [0.1, 0.15) is 45.0 Å². The van der Waals surface area contributed by atoms with Crippen LogP contribution in [0.3, 0.4) is 0 Å². The summed E-state index contributed by atoms with van der Waals surface area (Å²) in [6.07, 6.45) is -0.267. The largest absolute Gasteiger partial charge is 0.478 e. The fourth-order valence-corrected chi connectivity index (χ4v) is 5.64. The van der Waals surface area contributed by atoms with E-state index in [1.807, 2.05) is 26.6 Å². The van der Waals surface area contributed by atoms with Gasteiger partial charge in [0.15, 0.2) is 0 Å². The molecule has 1 aliphatic rings. The number of hydrogen-bond donors (Lipinski definition) is 1. The average molecular weight is 506 g/mol. The minimum Gasteiger partial charge on any atom is -0.478 e. The third-order valence-electron chi connectivity index (χ3n) is 5.41. The first-order valence-electron chi connectivity index (χ1n) is 11.6. The van der Waals surface area contributed by atoms with Gasteiger partial charge in [0.05, 0.1) is 20.4 Å². The number of carbonyl (C=O) groups is 2. The molecule has 190 valence electrons. The summed E-state index contributed by atoms with van der Waals surface area (Å²) < 4.78 is 40.6. The highest BCUT2D eigenvalue weighted by atomic mass is 28.3. The van der Waals surface area contributed by atoms with E-state index in [-0.39, 0.29) is 17.4 Å². The first kappa shape index (κ1) is 26.6. The second-order valence-corrected chi connectivity index (χ2v) is 15.5. The molecule has 7 nitrogen and oxygen atoms in total. The van der Waals surface area contributed by atoms with Gasteiger partial charge in [-0.15, -0.1) is 0 Å². The quantitative estimate of drug-likeness (QED) is 0.592. The molecule has 3 rings (SSSR count). The van der Waals surface area contributed by atoms with Crippen LogP contribution in [0.2, 0.25) is 19.6 Å². The second kappa shape index (κ2) is 9.92. The normalized spacial score (nSPS) is 15.9. The number of benzene rings is 1. The van der Waals surface area contributed by atoms with E-state index < -0.39 is 43.4 Å². The van der Waals surface area contributed by atoms with E-state index in [9.17, 15) is 18.4 Å². The van der Waals surface area contributed by atoms with Crippen LogP contribution in [-0.4, -0.2) is 48.7 Å². The van der Waals surface area contributed by atoms with E-state index in [4.69, 9.17) is 9.47 Å². The molecule has 1 atom stereocenters. The van der Waals surface area contributed by atoms with Gasteiger partial charge < -0.3 is 14.8 Å². The fraction of sp³-hybridized carbons (Fsp3) is 0.480. The lowest BCUT2D eigenvalue weighted by atomic mass is 9.96. The van der Waals surface area contributed by atoms with Gasteiger partial charge >= 0.3 is 6.09 Å². The van der Waals surface area contributed by atoms with Crippen molar-refractivity contribution in [1.29, 1.82) is 0 Å². The van der Waals surface area contributed by atoms with Gasteiger partial charge in [0.2, 0.25) is 5.88 Å². The first-order chi connectivity index (χ1) is 16.2. The Labute approximate surface area is 205 Å². The number of fused-ring (bicyclic) bond motifs is 1. The third-order valence-corrected chi connectivity index (χ3v) is 7.39. The summed E-state index contributed by atoms with van der Waals surface area (Å²) in [4.78, 5) is 32.3. The van der Waals surface area contributed by atoms with Crippen molar-refractivity contribution in [3.63, 3.8) is 0 Å². The molecule has 10 heteroatoms. The minimum absolute atomic E-state index is 0.0258. The molecule has 1 aromatic carbocycles. The number of pyridine rings is 1. The number of hydrogen-bond acceptors (Lipinski definition) is 5. The van der Waals surface area contributed by atoms with Gasteiger partial charge in [-0.05, 0) is 45.9 Å². The molecular formula is C25H33F2N3O4Si. The summed E-state index contributed by atoms with van der Waals surface area (Å²) >= 11 is 0. The molecule has 0 aliphatic carbocycles. The zero-order valence-corrected chi connectivity index (χ0v) is 22.3. The molecule has 1 unspecified atom stereocenters. The Morgan fingerprint density at radius 3 is 2.34 bits per heavy atom. The van der Waals surface area contributed by atoms with E-state index in [0.717, 1.165) is 12.1 Å². The number of nitrogens with zero attached hydrogens (tertiary/aromatic N) is 2. The lowest BCUT2D eigenvalue weighted by molar-refractivity contribution is -0.122. The van der Waals surface area contributed by atoms with Crippen LogP contribution in [0, 0.1) is 11.6 Å². The predicted octanol–water partition coefficient (Wildman–Crippen LogP) is 4.78. The standard InChI is InChI=1S/C25H33F2N3O4Si/c1-8-33-20-10-9-16-19(29-20)11-12-30(24(32)34-25(2,3)4)21(16)23(31)28-15-13-17(26)22(18(27)14-15)35(5,6)7/h9-10,13-14,21H,8,11-12H2,1-7H3,(H,28,31). The number of aromatic nitrogens is 1. The highest BCUT2D eigenvalue weighted by Crippen LogP contribution is 2.33. The summed E-state index contributed by atoms with van der Waals surface area (Å²) in [5, 5.41) is 2.66. The Morgan fingerprint density at radius 2 is 1.80 bits per heavy atom. The maximum Gasteiger partial charge on any atom is 0.411 e. The lowest BCUT2D eigenvalue weighted by Crippen LogP contribution is -2.47. The molecule has 0 bridgehead atoms. The maximum atomic E-state index is 14.8. The maximum absolute atomic E-state index is 14.8. The lowest BCUT2D eigenvalue weighted by Gasteiger charge is -2.36. The zero-order valence-electron chi connectivity index (χ0n) is 21.3. The van der Waals surface area contributed by atoms with E-state index in [1.165, 1.54) is 4.90 Å². The van der Waals surface area contributed by atoms with E-state index >= 15 is 0 Å². The van der Waals surface area contributed by atoms with Gasteiger partial charge in [0.1, 0.15) is 23.3 Å². The van der Waals surface area contributed by atoms with Crippen LogP contribution in [0.25, 0.3) is 0 Å². The molecule has 1 aliphatic heterocycles. The van der Waals surface area contributed by atoms with Gasteiger partial charge in [-0.1, -0.05) is 19.6 Å². The van der Waals surface area contributed by atoms with Crippen LogP contribution in [0.15, 0.2) is 24.3 Å². The molecule has 0 fully saturated rings. The average Bonchev–Trinajstić information content (AvgIpc) is 2.70. The number of carbonyl (C=O) groups excluding carboxylic acids is 2. The van der Waals surface area contributed by atoms with Crippen LogP contribution >= 0.6 is 0 Å². The Kier molecular flexibility index (Phi) is 7.54. The van der Waals surface area contributed by atoms with Crippen LogP contribution in [0.4, 0.5) is 19.3 Å². The second-order valence-electron chi connectivity index (χ2n) is 10.5. The van der Waals surface area contributed by atoms with Crippen molar-refractivity contribution in [2.75, 3.05) is 18.5 Å². The number of halogens is 2. The molecule has 35 heavy (non-hydrogen) atoms. The van der Waals surface area contributed by atoms with Crippen molar-refractivity contribution >= 4 is 30.9 Å². The van der Waals surface area contributed by atoms with Crippen LogP contribution in [-0.2, 0) is 16.0 Å². The van der Waals surface area contributed by atoms with E-state index in [0.29, 0.717) is 30.2 Å². The highest BCUT2D eigenvalue weighted by Gasteiger charge is 2.39. The number of rotatable bonds is 5. The molecule has 2 heterocycles. The highest BCUT2D eigenvalue weighted by molar-refractivity contribution is 6.88. The van der Waals surface area contributed by atoms with Crippen molar-refractivity contribution in [3.05, 3.63) is 47.2 Å². The fourth-order valence-electron chi connectivity index (χ4n) is 4.07. The van der Waals surface area contributed by atoms with Crippen molar-refractivity contribution in [2.45, 2.75) is 65.4 Å². The van der Waals surface area contributed by atoms with Crippen LogP contribution < -0.4 is 15.2 Å². The summed E-state index contributed by atoms with van der Waals surface area (Å²) in [5.41, 5.74) is 0.321. The molecule has 1 aromatic heterocycles. The van der Waals surface area contributed by atoms with Gasteiger partial charge in [-0.3, -0.25) is 9.69 Å². The molecular weight excluding hydrogens is 472 g/mol. The van der Waals surface area contributed by atoms with Crippen molar-refractivity contribution < 1.29 is 27.8 Å². The summed E-state index contributed by atoms with van der Waals surface area (Å²) in [7, 11) is -2.28. The minimum atomic E-state index is -2.28. The molecule has 0 spiro atoms. The Balaban J connectivity index is 1.99. The summed E-state index contributed by atoms with van der Waals surface area (Å²) in [6.45, 7) is 13.2. The smallest absolute Gasteiger partial charge is 0.411 e. The number of ether oxygens (including phenoxy) is 2. The Bertz CT molecular complexity index is 1110. The summed E-state index contributed by atoms with van der Waals surface area (Å²) in [5.74, 6) is -1.60. The van der Waals surface area contributed by atoms with E-state index in [2.05, 4.69) is 10.3 Å². The molecule has 1 N–H and O–H groups in total. The molecule has 0 saturated carbocycles. The summed E-state index contributed by atoms with van der Waals surface area (Å²) in [6, 6.07) is 4.45. The molecule has 0 saturated heterocycles. The van der Waals surface area contributed by atoms with Gasteiger partial charge in [0.25, 0.3) is 5.91 Å². The number of nitrogens with one attached hydrogen (secondary N) is 1. The third kappa shape index (κ3) is 6.16. The van der Waals surface area contributed by atoms with Gasteiger partial charge in [0, 0.05) is 35.5 Å². The van der Waals surface area contributed by atoms with Crippen molar-refractivity contribution in [2.24, 2.45) is 0 Å².